The van der Waals surface area contributed by atoms with Crippen LogP contribution in [0.15, 0.2) is 36.4 Å². The summed E-state index contributed by atoms with van der Waals surface area (Å²) in [6.07, 6.45) is 3.94. The monoisotopic (exact) mass is 254 g/mol. The average molecular weight is 254 g/mol. The molecule has 3 rings (SSSR count). The molecule has 1 amide bonds. The highest BCUT2D eigenvalue weighted by Crippen LogP contribution is 2.14. The summed E-state index contributed by atoms with van der Waals surface area (Å²) in [5.74, 6) is 0.211. The molecule has 0 unspecified atom stereocenters. The molecular weight excluding hydrogens is 236 g/mol. The molecule has 0 aliphatic carbocycles. The van der Waals surface area contributed by atoms with Crippen molar-refractivity contribution in [2.45, 2.75) is 25.7 Å². The Morgan fingerprint density at radius 1 is 1.05 bits per heavy atom. The van der Waals surface area contributed by atoms with Crippen LogP contribution < -0.4 is 0 Å². The second kappa shape index (κ2) is 5.39. The van der Waals surface area contributed by atoms with Gasteiger partial charge in [0.05, 0.1) is 17.6 Å². The molecule has 19 heavy (non-hydrogen) atoms. The van der Waals surface area contributed by atoms with Crippen LogP contribution in [0.1, 0.15) is 25.0 Å². The van der Waals surface area contributed by atoms with Gasteiger partial charge in [-0.3, -0.25) is 9.78 Å². The number of pyridine rings is 1. The van der Waals surface area contributed by atoms with E-state index in [-0.39, 0.29) is 5.91 Å². The predicted molar refractivity (Wildman–Crippen MR) is 75.9 cm³/mol. The quantitative estimate of drug-likeness (QED) is 0.825. The largest absolute Gasteiger partial charge is 0.342 e. The predicted octanol–water partition coefficient (Wildman–Crippen LogP) is 2.79. The number of amides is 1. The van der Waals surface area contributed by atoms with Crippen LogP contribution in [0.5, 0.6) is 0 Å². The highest BCUT2D eigenvalue weighted by atomic mass is 16.2. The van der Waals surface area contributed by atoms with Crippen molar-refractivity contribution in [3.63, 3.8) is 0 Å². The maximum absolute atomic E-state index is 12.2. The van der Waals surface area contributed by atoms with Gasteiger partial charge < -0.3 is 4.90 Å². The van der Waals surface area contributed by atoms with E-state index in [0.717, 1.165) is 42.5 Å². The van der Waals surface area contributed by atoms with Gasteiger partial charge in [0.15, 0.2) is 0 Å². The van der Waals surface area contributed by atoms with E-state index in [0.29, 0.717) is 6.42 Å². The Kier molecular flexibility index (Phi) is 3.45. The highest BCUT2D eigenvalue weighted by Gasteiger charge is 2.17. The van der Waals surface area contributed by atoms with Crippen LogP contribution in [0.2, 0.25) is 0 Å². The molecule has 0 bridgehead atoms. The number of hydrogen-bond acceptors (Lipinski definition) is 2. The molecule has 0 atom stereocenters. The van der Waals surface area contributed by atoms with E-state index in [4.69, 9.17) is 0 Å². The molecule has 0 spiro atoms. The first-order valence-corrected chi connectivity index (χ1v) is 6.95. The molecule has 0 saturated carbocycles. The number of fused-ring (bicyclic) bond motifs is 1. The molecule has 0 radical (unpaired) electrons. The third kappa shape index (κ3) is 2.75. The first kappa shape index (κ1) is 12.2. The van der Waals surface area contributed by atoms with Gasteiger partial charge in [-0.25, -0.2) is 0 Å². The van der Waals surface area contributed by atoms with Gasteiger partial charge >= 0.3 is 0 Å². The van der Waals surface area contributed by atoms with Crippen molar-refractivity contribution < 1.29 is 4.79 Å². The van der Waals surface area contributed by atoms with E-state index in [2.05, 4.69) is 4.98 Å². The van der Waals surface area contributed by atoms with Gasteiger partial charge in [0.1, 0.15) is 0 Å². The first-order valence-electron chi connectivity index (χ1n) is 6.95. The lowest BCUT2D eigenvalue weighted by molar-refractivity contribution is -0.131. The Morgan fingerprint density at radius 3 is 2.68 bits per heavy atom. The summed E-state index contributed by atoms with van der Waals surface area (Å²) in [4.78, 5) is 18.7. The molecule has 1 saturated heterocycles. The minimum absolute atomic E-state index is 0.211. The van der Waals surface area contributed by atoms with E-state index in [1.54, 1.807) is 0 Å². The number of likely N-dealkylation sites (tertiary alicyclic amines) is 1. The molecule has 0 N–H and O–H groups in total. The van der Waals surface area contributed by atoms with Crippen LogP contribution in [0, 0.1) is 0 Å². The molecule has 98 valence electrons. The summed E-state index contributed by atoms with van der Waals surface area (Å²) < 4.78 is 0. The zero-order chi connectivity index (χ0) is 13.1. The van der Waals surface area contributed by atoms with Crippen molar-refractivity contribution in [3.8, 4) is 0 Å². The third-order valence-corrected chi connectivity index (χ3v) is 3.70. The minimum Gasteiger partial charge on any atom is -0.342 e. The maximum atomic E-state index is 12.2. The second-order valence-electron chi connectivity index (χ2n) is 5.11. The van der Waals surface area contributed by atoms with Gasteiger partial charge in [0.25, 0.3) is 0 Å². The van der Waals surface area contributed by atoms with E-state index >= 15 is 0 Å². The van der Waals surface area contributed by atoms with Crippen LogP contribution in [0.3, 0.4) is 0 Å². The van der Waals surface area contributed by atoms with Gasteiger partial charge in [-0.2, -0.15) is 0 Å². The van der Waals surface area contributed by atoms with Crippen LogP contribution in [0.4, 0.5) is 0 Å². The molecule has 3 heteroatoms. The Bertz CT molecular complexity index is 588. The van der Waals surface area contributed by atoms with Crippen LogP contribution in [-0.4, -0.2) is 28.9 Å². The Morgan fingerprint density at radius 2 is 1.84 bits per heavy atom. The number of para-hydroxylation sites is 1. The number of aromatic nitrogens is 1. The molecule has 1 aromatic carbocycles. The molecule has 2 heterocycles. The molecule has 1 aliphatic rings. The van der Waals surface area contributed by atoms with E-state index in [1.165, 1.54) is 6.42 Å². The standard InChI is InChI=1S/C16H18N2O/c19-16(18-10-4-1-5-11-18)12-14-9-8-13-6-2-3-7-15(13)17-14/h2-3,6-9H,1,4-5,10-12H2. The van der Waals surface area contributed by atoms with Gasteiger partial charge in [-0.05, 0) is 31.4 Å². The lowest BCUT2D eigenvalue weighted by Crippen LogP contribution is -2.36. The summed E-state index contributed by atoms with van der Waals surface area (Å²) in [7, 11) is 0. The zero-order valence-corrected chi connectivity index (χ0v) is 11.0. The molecular formula is C16H18N2O. The fourth-order valence-electron chi connectivity index (χ4n) is 2.62. The van der Waals surface area contributed by atoms with Crippen molar-refractivity contribution in [1.82, 2.24) is 9.88 Å². The number of rotatable bonds is 2. The lowest BCUT2D eigenvalue weighted by atomic mass is 10.1. The first-order chi connectivity index (χ1) is 9.33. The summed E-state index contributed by atoms with van der Waals surface area (Å²) >= 11 is 0. The normalized spacial score (nSPS) is 15.7. The smallest absolute Gasteiger partial charge is 0.228 e. The molecule has 1 aliphatic heterocycles. The topological polar surface area (TPSA) is 33.2 Å². The summed E-state index contributed by atoms with van der Waals surface area (Å²) in [6.45, 7) is 1.82. The molecule has 1 aromatic heterocycles. The molecule has 1 fully saturated rings. The summed E-state index contributed by atoms with van der Waals surface area (Å²) in [6, 6.07) is 12.0. The van der Waals surface area contributed by atoms with Crippen LogP contribution in [-0.2, 0) is 11.2 Å². The van der Waals surface area contributed by atoms with Crippen LogP contribution in [0.25, 0.3) is 10.9 Å². The van der Waals surface area contributed by atoms with Gasteiger partial charge in [-0.15, -0.1) is 0 Å². The van der Waals surface area contributed by atoms with E-state index in [1.807, 2.05) is 41.3 Å². The van der Waals surface area contributed by atoms with Crippen LogP contribution >= 0.6 is 0 Å². The van der Waals surface area contributed by atoms with E-state index < -0.39 is 0 Å². The maximum Gasteiger partial charge on any atom is 0.228 e. The summed E-state index contributed by atoms with van der Waals surface area (Å²) in [5.41, 5.74) is 1.83. The Hall–Kier alpha value is -1.90. The van der Waals surface area contributed by atoms with Gasteiger partial charge in [0.2, 0.25) is 5.91 Å². The number of benzene rings is 1. The zero-order valence-electron chi connectivity index (χ0n) is 11.0. The number of nitrogens with zero attached hydrogens (tertiary/aromatic N) is 2. The third-order valence-electron chi connectivity index (χ3n) is 3.70. The lowest BCUT2D eigenvalue weighted by Gasteiger charge is -2.26. The molecule has 3 nitrogen and oxygen atoms in total. The van der Waals surface area contributed by atoms with Crippen molar-refractivity contribution in [1.29, 1.82) is 0 Å². The number of hydrogen-bond donors (Lipinski definition) is 0. The average Bonchev–Trinajstić information content (AvgIpc) is 2.48. The highest BCUT2D eigenvalue weighted by molar-refractivity contribution is 5.81. The van der Waals surface area contributed by atoms with Crippen molar-refractivity contribution in [2.24, 2.45) is 0 Å². The number of piperidine rings is 1. The van der Waals surface area contributed by atoms with Crippen molar-refractivity contribution >= 4 is 16.8 Å². The fraction of sp³-hybridized carbons (Fsp3) is 0.375. The Labute approximate surface area is 113 Å². The van der Waals surface area contributed by atoms with Gasteiger partial charge in [0, 0.05) is 18.5 Å². The number of carbonyl (C=O) groups is 1. The van der Waals surface area contributed by atoms with Crippen molar-refractivity contribution in [3.05, 3.63) is 42.1 Å². The van der Waals surface area contributed by atoms with Gasteiger partial charge in [-0.1, -0.05) is 24.3 Å². The fourth-order valence-corrected chi connectivity index (χ4v) is 2.62. The number of carbonyl (C=O) groups excluding carboxylic acids is 1. The van der Waals surface area contributed by atoms with E-state index in [9.17, 15) is 4.79 Å². The Balaban J connectivity index is 1.75. The molecule has 2 aromatic rings. The van der Waals surface area contributed by atoms with Crippen molar-refractivity contribution in [2.75, 3.05) is 13.1 Å². The minimum atomic E-state index is 0.211. The summed E-state index contributed by atoms with van der Waals surface area (Å²) in [5, 5.41) is 1.12. The second-order valence-corrected chi connectivity index (χ2v) is 5.11. The SMILES string of the molecule is O=C(Cc1ccc2ccccc2n1)N1CCCCC1.